The summed E-state index contributed by atoms with van der Waals surface area (Å²) in [4.78, 5) is 20.8. The number of hydrogen-bond acceptors (Lipinski definition) is 5. The Morgan fingerprint density at radius 1 is 1.12 bits per heavy atom. The minimum absolute atomic E-state index is 0.192. The molecule has 0 bridgehead atoms. The number of ether oxygens (including phenoxy) is 1. The third kappa shape index (κ3) is 4.86. The topological polar surface area (TPSA) is 87.9 Å². The van der Waals surface area contributed by atoms with Crippen LogP contribution in [0.5, 0.6) is 0 Å². The van der Waals surface area contributed by atoms with Crippen LogP contribution >= 0.6 is 0 Å². The van der Waals surface area contributed by atoms with Gasteiger partial charge in [0.1, 0.15) is 28.8 Å². The van der Waals surface area contributed by atoms with E-state index in [2.05, 4.69) is 21.4 Å². The van der Waals surface area contributed by atoms with Gasteiger partial charge in [-0.15, -0.1) is 0 Å². The first-order valence-corrected chi connectivity index (χ1v) is 10.4. The highest BCUT2D eigenvalue weighted by Crippen LogP contribution is 2.35. The molecule has 3 heterocycles. The number of anilines is 1. The highest BCUT2D eigenvalue weighted by atomic mass is 19.1. The van der Waals surface area contributed by atoms with Crippen molar-refractivity contribution >= 4 is 11.6 Å². The lowest BCUT2D eigenvalue weighted by Gasteiger charge is -2.30. The monoisotopic (exact) mass is 452 g/mol. The van der Waals surface area contributed by atoms with Crippen LogP contribution in [-0.4, -0.2) is 22.0 Å². The fraction of sp³-hybridized carbons (Fsp3) is 0.250. The molecule has 2 aromatic heterocycles. The second kappa shape index (κ2) is 9.79. The zero-order chi connectivity index (χ0) is 23.4. The van der Waals surface area contributed by atoms with Crippen LogP contribution < -0.4 is 5.32 Å². The smallest absolute Gasteiger partial charge is 0.274 e. The fourth-order valence-electron chi connectivity index (χ4n) is 3.82. The molecular weight excluding hydrogens is 433 g/mol. The number of amides is 1. The molecule has 9 heteroatoms. The van der Waals surface area contributed by atoms with Gasteiger partial charge in [-0.3, -0.25) is 9.78 Å². The SMILES string of the molecule is N#CC[C@@H]1CCCC(c2ccncc2NC(=O)c2ccc(F)c(-c3c(F)cccc3F)n2)O1. The van der Waals surface area contributed by atoms with E-state index in [1.807, 2.05) is 0 Å². The molecular formula is C24H19F3N4O2. The van der Waals surface area contributed by atoms with Crippen molar-refractivity contribution < 1.29 is 22.7 Å². The number of pyridine rings is 2. The number of nitriles is 1. The summed E-state index contributed by atoms with van der Waals surface area (Å²) in [6.45, 7) is 0. The Hall–Kier alpha value is -3.77. The van der Waals surface area contributed by atoms with Crippen molar-refractivity contribution in [3.05, 3.63) is 77.5 Å². The molecule has 1 aliphatic heterocycles. The zero-order valence-electron chi connectivity index (χ0n) is 17.4. The van der Waals surface area contributed by atoms with Gasteiger partial charge in [-0.2, -0.15) is 5.26 Å². The highest BCUT2D eigenvalue weighted by Gasteiger charge is 2.26. The van der Waals surface area contributed by atoms with Crippen LogP contribution in [-0.2, 0) is 4.74 Å². The number of rotatable bonds is 5. The first-order chi connectivity index (χ1) is 16.0. The first-order valence-electron chi connectivity index (χ1n) is 10.4. The van der Waals surface area contributed by atoms with Crippen molar-refractivity contribution in [2.45, 2.75) is 37.9 Å². The van der Waals surface area contributed by atoms with Gasteiger partial charge in [0, 0.05) is 11.8 Å². The summed E-state index contributed by atoms with van der Waals surface area (Å²) in [6, 6.07) is 9.01. The first kappa shape index (κ1) is 22.4. The number of aromatic nitrogens is 2. The van der Waals surface area contributed by atoms with Crippen molar-refractivity contribution in [1.82, 2.24) is 9.97 Å². The van der Waals surface area contributed by atoms with Gasteiger partial charge in [0.2, 0.25) is 0 Å². The molecule has 1 fully saturated rings. The van der Waals surface area contributed by atoms with E-state index >= 15 is 0 Å². The molecule has 1 N–H and O–H groups in total. The molecule has 1 aliphatic rings. The Balaban J connectivity index is 1.61. The number of hydrogen-bond donors (Lipinski definition) is 1. The lowest BCUT2D eigenvalue weighted by molar-refractivity contribution is -0.0482. The van der Waals surface area contributed by atoms with Gasteiger partial charge in [-0.1, -0.05) is 6.07 Å². The Labute approximate surface area is 188 Å². The van der Waals surface area contributed by atoms with E-state index < -0.39 is 34.6 Å². The summed E-state index contributed by atoms with van der Waals surface area (Å²) < 4.78 is 48.6. The molecule has 2 atom stereocenters. The van der Waals surface area contributed by atoms with Crippen LogP contribution in [0.15, 0.2) is 48.8 Å². The maximum Gasteiger partial charge on any atom is 0.274 e. The van der Waals surface area contributed by atoms with Gasteiger partial charge in [0.05, 0.1) is 42.1 Å². The second-order valence-electron chi connectivity index (χ2n) is 7.58. The van der Waals surface area contributed by atoms with Crippen molar-refractivity contribution in [3.63, 3.8) is 0 Å². The van der Waals surface area contributed by atoms with Gasteiger partial charge in [-0.05, 0) is 49.6 Å². The predicted molar refractivity (Wildman–Crippen MR) is 113 cm³/mol. The minimum Gasteiger partial charge on any atom is -0.369 e. The van der Waals surface area contributed by atoms with Crippen LogP contribution in [0.4, 0.5) is 18.9 Å². The summed E-state index contributed by atoms with van der Waals surface area (Å²) in [7, 11) is 0. The average Bonchev–Trinajstić information content (AvgIpc) is 2.81. The highest BCUT2D eigenvalue weighted by molar-refractivity contribution is 6.03. The molecule has 3 aromatic rings. The molecule has 1 unspecified atom stereocenters. The van der Waals surface area contributed by atoms with E-state index in [-0.39, 0.29) is 24.3 Å². The third-order valence-electron chi connectivity index (χ3n) is 5.40. The van der Waals surface area contributed by atoms with Crippen LogP contribution in [0.3, 0.4) is 0 Å². The molecule has 0 saturated carbocycles. The van der Waals surface area contributed by atoms with E-state index in [4.69, 9.17) is 10.00 Å². The third-order valence-corrected chi connectivity index (χ3v) is 5.40. The van der Waals surface area contributed by atoms with Crippen LogP contribution in [0, 0.1) is 28.8 Å². The summed E-state index contributed by atoms with van der Waals surface area (Å²) in [5.41, 5.74) is -0.417. The molecule has 4 rings (SSSR count). The number of halogens is 3. The van der Waals surface area contributed by atoms with E-state index in [1.54, 1.807) is 12.3 Å². The van der Waals surface area contributed by atoms with Crippen molar-refractivity contribution in [1.29, 1.82) is 5.26 Å². The largest absolute Gasteiger partial charge is 0.369 e. The van der Waals surface area contributed by atoms with Gasteiger partial charge < -0.3 is 10.1 Å². The Morgan fingerprint density at radius 2 is 1.91 bits per heavy atom. The zero-order valence-corrected chi connectivity index (χ0v) is 17.4. The van der Waals surface area contributed by atoms with Crippen molar-refractivity contribution in [2.24, 2.45) is 0 Å². The maximum atomic E-state index is 14.3. The predicted octanol–water partition coefficient (Wildman–Crippen LogP) is 5.34. The quantitative estimate of drug-likeness (QED) is 0.565. The van der Waals surface area contributed by atoms with Gasteiger partial charge >= 0.3 is 0 Å². The molecule has 33 heavy (non-hydrogen) atoms. The number of nitrogens with one attached hydrogen (secondary N) is 1. The molecule has 168 valence electrons. The summed E-state index contributed by atoms with van der Waals surface area (Å²) in [6.07, 6.45) is 5.12. The van der Waals surface area contributed by atoms with Crippen LogP contribution in [0.2, 0.25) is 0 Å². The second-order valence-corrected chi connectivity index (χ2v) is 7.58. The maximum absolute atomic E-state index is 14.3. The Kier molecular flexibility index (Phi) is 6.66. The summed E-state index contributed by atoms with van der Waals surface area (Å²) in [5, 5.41) is 11.6. The molecule has 1 aromatic carbocycles. The van der Waals surface area contributed by atoms with Crippen molar-refractivity contribution in [2.75, 3.05) is 5.32 Å². The summed E-state index contributed by atoms with van der Waals surface area (Å²) in [5.74, 6) is -3.65. The van der Waals surface area contributed by atoms with Gasteiger partial charge in [0.15, 0.2) is 0 Å². The van der Waals surface area contributed by atoms with E-state index in [1.165, 1.54) is 6.20 Å². The molecule has 0 radical (unpaired) electrons. The average molecular weight is 452 g/mol. The van der Waals surface area contributed by atoms with E-state index in [9.17, 15) is 18.0 Å². The number of nitrogens with zero attached hydrogens (tertiary/aromatic N) is 3. The summed E-state index contributed by atoms with van der Waals surface area (Å²) >= 11 is 0. The fourth-order valence-corrected chi connectivity index (χ4v) is 3.82. The normalized spacial score (nSPS) is 17.9. The lowest BCUT2D eigenvalue weighted by atomic mass is 9.97. The Bertz CT molecular complexity index is 1210. The standard InChI is InChI=1S/C24H19F3N4O2/c25-16-4-2-5-17(26)22(16)23-18(27)7-8-19(30-23)24(32)31-20-13-29-12-10-15(20)21-6-1-3-14(33-21)9-11-28/h2,4-5,7-8,10,12-14,21H,1,3,6,9H2,(H,31,32)/t14-,21?/m0/s1. The van der Waals surface area contributed by atoms with Crippen LogP contribution in [0.25, 0.3) is 11.3 Å². The number of carbonyl (C=O) groups is 1. The van der Waals surface area contributed by atoms with Crippen LogP contribution in [0.1, 0.15) is 47.8 Å². The molecule has 0 aliphatic carbocycles. The number of carbonyl (C=O) groups excluding carboxylic acids is 1. The van der Waals surface area contributed by atoms with Gasteiger partial charge in [0.25, 0.3) is 5.91 Å². The lowest BCUT2D eigenvalue weighted by Crippen LogP contribution is -2.23. The molecule has 1 saturated heterocycles. The van der Waals surface area contributed by atoms with E-state index in [0.29, 0.717) is 17.7 Å². The van der Waals surface area contributed by atoms with Crippen molar-refractivity contribution in [3.8, 4) is 17.3 Å². The molecule has 0 spiro atoms. The van der Waals surface area contributed by atoms with Gasteiger partial charge in [-0.25, -0.2) is 18.2 Å². The number of benzene rings is 1. The minimum atomic E-state index is -0.991. The molecule has 6 nitrogen and oxygen atoms in total. The molecule has 1 amide bonds. The van der Waals surface area contributed by atoms with E-state index in [0.717, 1.165) is 43.2 Å². The Morgan fingerprint density at radius 3 is 2.67 bits per heavy atom.